The first kappa shape index (κ1) is 16.8. The average molecular weight is 361 g/mol. The molecular formula is C16H15N3O3S2. The van der Waals surface area contributed by atoms with E-state index in [1.54, 1.807) is 36.0 Å². The molecule has 1 aliphatic rings. The summed E-state index contributed by atoms with van der Waals surface area (Å²) in [6.45, 7) is 1.43. The summed E-state index contributed by atoms with van der Waals surface area (Å²) in [6.07, 6.45) is 0. The van der Waals surface area contributed by atoms with Gasteiger partial charge in [0.2, 0.25) is 5.91 Å². The Labute approximate surface area is 146 Å². The highest BCUT2D eigenvalue weighted by Gasteiger charge is 2.18. The van der Waals surface area contributed by atoms with Crippen LogP contribution in [-0.4, -0.2) is 27.4 Å². The van der Waals surface area contributed by atoms with Crippen molar-refractivity contribution in [3.63, 3.8) is 0 Å². The highest BCUT2D eigenvalue weighted by Crippen LogP contribution is 2.26. The van der Waals surface area contributed by atoms with Crippen LogP contribution < -0.4 is 10.9 Å². The number of rotatable bonds is 5. The van der Waals surface area contributed by atoms with E-state index in [9.17, 15) is 14.4 Å². The Bertz CT molecular complexity index is 847. The van der Waals surface area contributed by atoms with Crippen LogP contribution in [0.2, 0.25) is 0 Å². The highest BCUT2D eigenvalue weighted by molar-refractivity contribution is 7.99. The molecule has 2 aromatic rings. The second-order valence-corrected chi connectivity index (χ2v) is 7.21. The fourth-order valence-corrected chi connectivity index (χ4v) is 4.08. The zero-order valence-corrected chi connectivity index (χ0v) is 14.6. The largest absolute Gasteiger partial charge is 0.326 e. The standard InChI is InChI=1S/C16H15N3O3S2/c1-9(20)17-11-4-2-10(3-5-11)14(21)8-24-16-18-13-7-23-6-12(13)15(22)19-16/h2-5H,6-8H2,1H3,(H,17,20)(H,18,19,22). The first-order chi connectivity index (χ1) is 11.5. The van der Waals surface area contributed by atoms with Gasteiger partial charge in [-0.2, -0.15) is 11.8 Å². The normalized spacial score (nSPS) is 12.7. The van der Waals surface area contributed by atoms with Crippen molar-refractivity contribution in [3.8, 4) is 0 Å². The highest BCUT2D eigenvalue weighted by atomic mass is 32.2. The van der Waals surface area contributed by atoms with Gasteiger partial charge in [-0.05, 0) is 24.3 Å². The van der Waals surface area contributed by atoms with Crippen molar-refractivity contribution in [3.05, 3.63) is 51.4 Å². The summed E-state index contributed by atoms with van der Waals surface area (Å²) < 4.78 is 0. The summed E-state index contributed by atoms with van der Waals surface area (Å²) in [4.78, 5) is 42.3. The van der Waals surface area contributed by atoms with Crippen LogP contribution in [0.15, 0.2) is 34.2 Å². The van der Waals surface area contributed by atoms with Crippen molar-refractivity contribution in [1.29, 1.82) is 0 Å². The Morgan fingerprint density at radius 1 is 1.29 bits per heavy atom. The number of hydrogen-bond acceptors (Lipinski definition) is 6. The lowest BCUT2D eigenvalue weighted by atomic mass is 10.1. The average Bonchev–Trinajstić information content (AvgIpc) is 3.02. The predicted molar refractivity (Wildman–Crippen MR) is 95.7 cm³/mol. The van der Waals surface area contributed by atoms with Gasteiger partial charge in [0.1, 0.15) is 0 Å². The molecule has 2 heterocycles. The number of aromatic nitrogens is 2. The van der Waals surface area contributed by atoms with Crippen molar-refractivity contribution >= 4 is 40.9 Å². The molecule has 0 saturated heterocycles. The molecule has 0 atom stereocenters. The maximum Gasteiger partial charge on any atom is 0.255 e. The lowest BCUT2D eigenvalue weighted by Crippen LogP contribution is -2.15. The molecule has 3 rings (SSSR count). The number of ketones is 1. The number of anilines is 1. The van der Waals surface area contributed by atoms with E-state index in [0.717, 1.165) is 17.0 Å². The maximum absolute atomic E-state index is 12.2. The third-order valence-electron chi connectivity index (χ3n) is 3.43. The Balaban J connectivity index is 1.64. The van der Waals surface area contributed by atoms with Crippen LogP contribution in [0.4, 0.5) is 5.69 Å². The number of carbonyl (C=O) groups excluding carboxylic acids is 2. The van der Waals surface area contributed by atoms with Crippen LogP contribution in [0.1, 0.15) is 28.5 Å². The molecule has 0 bridgehead atoms. The number of fused-ring (bicyclic) bond motifs is 1. The van der Waals surface area contributed by atoms with Crippen LogP contribution in [-0.2, 0) is 16.3 Å². The molecule has 0 spiro atoms. The number of Topliss-reactive ketones (excluding diaryl/α,β-unsaturated/α-hetero) is 1. The SMILES string of the molecule is CC(=O)Nc1ccc(C(=O)CSc2nc3c(c(=O)[nH]2)CSC3)cc1. The maximum atomic E-state index is 12.2. The van der Waals surface area contributed by atoms with Crippen LogP contribution in [0.25, 0.3) is 0 Å². The van der Waals surface area contributed by atoms with Gasteiger partial charge in [0.05, 0.1) is 11.4 Å². The summed E-state index contributed by atoms with van der Waals surface area (Å²) in [7, 11) is 0. The smallest absolute Gasteiger partial charge is 0.255 e. The summed E-state index contributed by atoms with van der Waals surface area (Å²) in [6, 6.07) is 6.71. The number of hydrogen-bond donors (Lipinski definition) is 2. The lowest BCUT2D eigenvalue weighted by Gasteiger charge is -2.05. The molecule has 6 nitrogen and oxygen atoms in total. The van der Waals surface area contributed by atoms with Gasteiger partial charge in [-0.3, -0.25) is 14.4 Å². The van der Waals surface area contributed by atoms with Gasteiger partial charge in [0.15, 0.2) is 10.9 Å². The summed E-state index contributed by atoms with van der Waals surface area (Å²) in [5.41, 5.74) is 2.65. The Morgan fingerprint density at radius 3 is 2.75 bits per heavy atom. The van der Waals surface area contributed by atoms with Crippen LogP contribution in [0.5, 0.6) is 0 Å². The molecule has 1 aromatic carbocycles. The number of amides is 1. The number of nitrogens with zero attached hydrogens (tertiary/aromatic N) is 1. The van der Waals surface area contributed by atoms with Gasteiger partial charge in [0, 0.05) is 35.2 Å². The van der Waals surface area contributed by atoms with E-state index in [1.807, 2.05) is 0 Å². The zero-order valence-electron chi connectivity index (χ0n) is 12.9. The molecule has 0 fully saturated rings. The summed E-state index contributed by atoms with van der Waals surface area (Å²) >= 11 is 2.89. The van der Waals surface area contributed by atoms with Crippen molar-refractivity contribution < 1.29 is 9.59 Å². The zero-order chi connectivity index (χ0) is 17.1. The molecule has 2 N–H and O–H groups in total. The van der Waals surface area contributed by atoms with Crippen LogP contribution in [0, 0.1) is 0 Å². The molecule has 1 aromatic heterocycles. The van der Waals surface area contributed by atoms with Gasteiger partial charge < -0.3 is 10.3 Å². The molecule has 0 radical (unpaired) electrons. The monoisotopic (exact) mass is 361 g/mol. The van der Waals surface area contributed by atoms with Crippen LogP contribution >= 0.6 is 23.5 Å². The van der Waals surface area contributed by atoms with E-state index in [2.05, 4.69) is 15.3 Å². The van der Waals surface area contributed by atoms with Gasteiger partial charge in [-0.1, -0.05) is 11.8 Å². The molecule has 1 aliphatic heterocycles. The minimum absolute atomic E-state index is 0.0631. The van der Waals surface area contributed by atoms with E-state index >= 15 is 0 Å². The molecule has 24 heavy (non-hydrogen) atoms. The number of benzene rings is 1. The molecular weight excluding hydrogens is 346 g/mol. The van der Waals surface area contributed by atoms with Crippen molar-refractivity contribution in [2.75, 3.05) is 11.1 Å². The minimum Gasteiger partial charge on any atom is -0.326 e. The third-order valence-corrected chi connectivity index (χ3v) is 5.28. The van der Waals surface area contributed by atoms with E-state index < -0.39 is 0 Å². The summed E-state index contributed by atoms with van der Waals surface area (Å²) in [5, 5.41) is 3.13. The quantitative estimate of drug-likeness (QED) is 0.483. The fourth-order valence-electron chi connectivity index (χ4n) is 2.27. The van der Waals surface area contributed by atoms with Gasteiger partial charge in [-0.15, -0.1) is 0 Å². The number of thioether (sulfide) groups is 2. The van der Waals surface area contributed by atoms with Gasteiger partial charge in [-0.25, -0.2) is 4.98 Å². The topological polar surface area (TPSA) is 91.9 Å². The number of aromatic amines is 1. The van der Waals surface area contributed by atoms with Crippen LogP contribution in [0.3, 0.4) is 0 Å². The number of H-pyrrole nitrogens is 1. The number of nitrogens with one attached hydrogen (secondary N) is 2. The first-order valence-corrected chi connectivity index (χ1v) is 9.40. The molecule has 0 aliphatic carbocycles. The molecule has 1 amide bonds. The summed E-state index contributed by atoms with van der Waals surface area (Å²) in [5.74, 6) is 1.41. The Kier molecular flexibility index (Phi) is 5.06. The Morgan fingerprint density at radius 2 is 2.04 bits per heavy atom. The van der Waals surface area contributed by atoms with Crippen molar-refractivity contribution in [2.24, 2.45) is 0 Å². The first-order valence-electron chi connectivity index (χ1n) is 7.26. The lowest BCUT2D eigenvalue weighted by molar-refractivity contribution is -0.114. The second kappa shape index (κ2) is 7.23. The van der Waals surface area contributed by atoms with Crippen molar-refractivity contribution in [2.45, 2.75) is 23.6 Å². The van der Waals surface area contributed by atoms with Gasteiger partial charge >= 0.3 is 0 Å². The van der Waals surface area contributed by atoms with E-state index in [-0.39, 0.29) is 23.0 Å². The fraction of sp³-hybridized carbons (Fsp3) is 0.250. The second-order valence-electron chi connectivity index (χ2n) is 5.26. The molecule has 0 unspecified atom stereocenters. The third kappa shape index (κ3) is 3.88. The van der Waals surface area contributed by atoms with Crippen molar-refractivity contribution in [1.82, 2.24) is 9.97 Å². The molecule has 124 valence electrons. The molecule has 0 saturated carbocycles. The van der Waals surface area contributed by atoms with Gasteiger partial charge in [0.25, 0.3) is 5.56 Å². The van der Waals surface area contributed by atoms with E-state index in [0.29, 0.717) is 22.2 Å². The molecule has 8 heteroatoms. The van der Waals surface area contributed by atoms with E-state index in [1.165, 1.54) is 18.7 Å². The Hall–Kier alpha value is -2.06. The number of carbonyl (C=O) groups is 2. The minimum atomic E-state index is -0.158. The van der Waals surface area contributed by atoms with E-state index in [4.69, 9.17) is 0 Å². The predicted octanol–water partition coefficient (Wildman–Crippen LogP) is 2.45.